The topological polar surface area (TPSA) is 23.5 Å². The van der Waals surface area contributed by atoms with Gasteiger partial charge in [0, 0.05) is 6.54 Å². The second-order valence-corrected chi connectivity index (χ2v) is 7.40. The highest BCUT2D eigenvalue weighted by molar-refractivity contribution is 5.28. The third-order valence-corrected chi connectivity index (χ3v) is 4.25. The number of unbranched alkanes of at least 4 members (excludes halogenated alkanes) is 2. The third kappa shape index (κ3) is 6.50. The minimum atomic E-state index is -0.386. The van der Waals surface area contributed by atoms with Crippen molar-refractivity contribution in [3.63, 3.8) is 0 Å². The molecule has 0 amide bonds. The molecule has 0 aliphatic rings. The van der Waals surface area contributed by atoms with Gasteiger partial charge < -0.3 is 10.0 Å². The van der Waals surface area contributed by atoms with Crippen molar-refractivity contribution in [1.29, 1.82) is 0 Å². The quantitative estimate of drug-likeness (QED) is 0.700. The van der Waals surface area contributed by atoms with Crippen molar-refractivity contribution < 1.29 is 5.11 Å². The predicted molar refractivity (Wildman–Crippen MR) is 96.4 cm³/mol. The summed E-state index contributed by atoms with van der Waals surface area (Å²) in [6.07, 6.45) is 4.44. The van der Waals surface area contributed by atoms with E-state index in [9.17, 15) is 5.11 Å². The highest BCUT2D eigenvalue weighted by Crippen LogP contribution is 2.24. The second kappa shape index (κ2) is 9.32. The van der Waals surface area contributed by atoms with Crippen LogP contribution in [0.3, 0.4) is 0 Å². The third-order valence-electron chi connectivity index (χ3n) is 4.25. The van der Waals surface area contributed by atoms with Crippen LogP contribution in [0.25, 0.3) is 0 Å². The first kappa shape index (κ1) is 19.2. The van der Waals surface area contributed by atoms with Gasteiger partial charge in [-0.25, -0.2) is 0 Å². The molecule has 0 aromatic heterocycles. The van der Waals surface area contributed by atoms with Crippen molar-refractivity contribution in [1.82, 2.24) is 4.90 Å². The van der Waals surface area contributed by atoms with Crippen LogP contribution >= 0.6 is 0 Å². The molecule has 1 aromatic rings. The molecule has 126 valence electrons. The summed E-state index contributed by atoms with van der Waals surface area (Å²) in [7, 11) is 0. The lowest BCUT2D eigenvalue weighted by Crippen LogP contribution is -2.30. The first-order chi connectivity index (χ1) is 10.4. The molecule has 0 heterocycles. The minimum absolute atomic E-state index is 0.164. The van der Waals surface area contributed by atoms with Crippen LogP contribution in [-0.4, -0.2) is 29.6 Å². The first-order valence-electron chi connectivity index (χ1n) is 8.89. The van der Waals surface area contributed by atoms with E-state index >= 15 is 0 Å². The summed E-state index contributed by atoms with van der Waals surface area (Å²) in [4.78, 5) is 2.41. The van der Waals surface area contributed by atoms with Crippen LogP contribution in [0.15, 0.2) is 24.3 Å². The van der Waals surface area contributed by atoms with Crippen LogP contribution in [0.2, 0.25) is 0 Å². The fraction of sp³-hybridized carbons (Fsp3) is 0.700. The highest BCUT2D eigenvalue weighted by atomic mass is 16.3. The number of rotatable bonds is 9. The zero-order valence-corrected chi connectivity index (χ0v) is 15.2. The number of nitrogens with zero attached hydrogens (tertiary/aromatic N) is 1. The minimum Gasteiger partial charge on any atom is -0.387 e. The van der Waals surface area contributed by atoms with Crippen LogP contribution in [-0.2, 0) is 5.41 Å². The molecule has 0 spiro atoms. The Bertz CT molecular complexity index is 397. The highest BCUT2D eigenvalue weighted by Gasteiger charge is 2.16. The molecule has 1 aromatic carbocycles. The van der Waals surface area contributed by atoms with Crippen molar-refractivity contribution in [2.24, 2.45) is 0 Å². The average Bonchev–Trinajstić information content (AvgIpc) is 2.49. The number of aliphatic hydroxyl groups is 1. The number of benzene rings is 1. The maximum Gasteiger partial charge on any atom is 0.0916 e. The van der Waals surface area contributed by atoms with Crippen LogP contribution in [0, 0.1) is 0 Å². The molecule has 1 atom stereocenters. The van der Waals surface area contributed by atoms with E-state index in [4.69, 9.17) is 0 Å². The summed E-state index contributed by atoms with van der Waals surface area (Å²) in [6.45, 7) is 14.0. The Morgan fingerprint density at radius 3 is 1.86 bits per heavy atom. The molecule has 1 unspecified atom stereocenters. The van der Waals surface area contributed by atoms with Crippen LogP contribution in [0.1, 0.15) is 77.5 Å². The Morgan fingerprint density at radius 1 is 0.955 bits per heavy atom. The van der Waals surface area contributed by atoms with Gasteiger partial charge in [0.05, 0.1) is 6.10 Å². The van der Waals surface area contributed by atoms with Gasteiger partial charge in [0.2, 0.25) is 0 Å². The predicted octanol–water partition coefficient (Wildman–Crippen LogP) is 4.92. The molecule has 0 saturated heterocycles. The van der Waals surface area contributed by atoms with E-state index in [-0.39, 0.29) is 11.5 Å². The molecule has 0 saturated carbocycles. The Kier molecular flexibility index (Phi) is 8.13. The molecule has 0 aliphatic carbocycles. The van der Waals surface area contributed by atoms with E-state index in [1.807, 2.05) is 0 Å². The fourth-order valence-electron chi connectivity index (χ4n) is 2.61. The van der Waals surface area contributed by atoms with Gasteiger partial charge in [-0.05, 0) is 42.5 Å². The SMILES string of the molecule is CCCCN(CCCC)CC(O)c1ccc(C(C)(C)C)cc1. The second-order valence-electron chi connectivity index (χ2n) is 7.40. The summed E-state index contributed by atoms with van der Waals surface area (Å²) in [5, 5.41) is 10.5. The molecule has 1 N–H and O–H groups in total. The summed E-state index contributed by atoms with van der Waals surface area (Å²) in [5.74, 6) is 0. The number of aliphatic hydroxyl groups excluding tert-OH is 1. The molecule has 0 aliphatic heterocycles. The molecular weight excluding hydrogens is 270 g/mol. The van der Waals surface area contributed by atoms with E-state index in [1.165, 1.54) is 31.2 Å². The van der Waals surface area contributed by atoms with Crippen molar-refractivity contribution in [2.75, 3.05) is 19.6 Å². The maximum atomic E-state index is 10.5. The van der Waals surface area contributed by atoms with Crippen molar-refractivity contribution in [3.05, 3.63) is 35.4 Å². The van der Waals surface area contributed by atoms with Crippen molar-refractivity contribution >= 4 is 0 Å². The first-order valence-corrected chi connectivity index (χ1v) is 8.89. The van der Waals surface area contributed by atoms with Gasteiger partial charge in [-0.15, -0.1) is 0 Å². The molecular formula is C20H35NO. The Balaban J connectivity index is 2.65. The van der Waals surface area contributed by atoms with Gasteiger partial charge in [0.1, 0.15) is 0 Å². The van der Waals surface area contributed by atoms with Gasteiger partial charge in [-0.1, -0.05) is 71.7 Å². The van der Waals surface area contributed by atoms with E-state index in [1.54, 1.807) is 0 Å². The lowest BCUT2D eigenvalue weighted by Gasteiger charge is -2.25. The molecule has 2 heteroatoms. The van der Waals surface area contributed by atoms with Crippen LogP contribution in [0.5, 0.6) is 0 Å². The van der Waals surface area contributed by atoms with Gasteiger partial charge in [-0.2, -0.15) is 0 Å². The molecule has 0 fully saturated rings. The van der Waals surface area contributed by atoms with Crippen LogP contribution < -0.4 is 0 Å². The number of hydrogen-bond acceptors (Lipinski definition) is 2. The molecule has 0 radical (unpaired) electrons. The Hall–Kier alpha value is -0.860. The average molecular weight is 306 g/mol. The van der Waals surface area contributed by atoms with E-state index in [2.05, 4.69) is 63.8 Å². The Morgan fingerprint density at radius 2 is 1.45 bits per heavy atom. The zero-order valence-electron chi connectivity index (χ0n) is 15.2. The van der Waals surface area contributed by atoms with Gasteiger partial charge in [-0.3, -0.25) is 0 Å². The Labute approximate surface area is 137 Å². The summed E-state index contributed by atoms with van der Waals surface area (Å²) in [6, 6.07) is 8.48. The van der Waals surface area contributed by atoms with E-state index in [0.717, 1.165) is 25.2 Å². The molecule has 1 rings (SSSR count). The van der Waals surface area contributed by atoms with E-state index in [0.29, 0.717) is 0 Å². The normalized spacial score (nSPS) is 13.6. The number of hydrogen-bond donors (Lipinski definition) is 1. The van der Waals surface area contributed by atoms with E-state index < -0.39 is 0 Å². The lowest BCUT2D eigenvalue weighted by atomic mass is 9.86. The molecule has 22 heavy (non-hydrogen) atoms. The monoisotopic (exact) mass is 305 g/mol. The summed E-state index contributed by atoms with van der Waals surface area (Å²) >= 11 is 0. The maximum absolute atomic E-state index is 10.5. The zero-order chi connectivity index (χ0) is 16.6. The van der Waals surface area contributed by atoms with Gasteiger partial charge in [0.15, 0.2) is 0 Å². The largest absolute Gasteiger partial charge is 0.387 e. The molecule has 0 bridgehead atoms. The smallest absolute Gasteiger partial charge is 0.0916 e. The van der Waals surface area contributed by atoms with Crippen molar-refractivity contribution in [3.8, 4) is 0 Å². The standard InChI is InChI=1S/C20H35NO/c1-6-8-14-21(15-9-7-2)16-19(22)17-10-12-18(13-11-17)20(3,4)5/h10-13,19,22H,6-9,14-16H2,1-5H3. The molecule has 2 nitrogen and oxygen atoms in total. The van der Waals surface area contributed by atoms with Crippen molar-refractivity contribution in [2.45, 2.75) is 71.8 Å². The summed E-state index contributed by atoms with van der Waals surface area (Å²) in [5.41, 5.74) is 2.51. The van der Waals surface area contributed by atoms with Crippen LogP contribution in [0.4, 0.5) is 0 Å². The van der Waals surface area contributed by atoms with Gasteiger partial charge in [0.25, 0.3) is 0 Å². The fourth-order valence-corrected chi connectivity index (χ4v) is 2.61. The summed E-state index contributed by atoms with van der Waals surface area (Å²) < 4.78 is 0. The lowest BCUT2D eigenvalue weighted by molar-refractivity contribution is 0.111. The van der Waals surface area contributed by atoms with Gasteiger partial charge >= 0.3 is 0 Å².